The van der Waals surface area contributed by atoms with E-state index < -0.39 is 0 Å². The van der Waals surface area contributed by atoms with Crippen molar-refractivity contribution in [3.8, 4) is 0 Å². The summed E-state index contributed by atoms with van der Waals surface area (Å²) in [4.78, 5) is 25.0. The molecule has 5 nitrogen and oxygen atoms in total. The molecule has 0 aliphatic carbocycles. The number of aromatic amines is 2. The van der Waals surface area contributed by atoms with Crippen LogP contribution in [-0.4, -0.2) is 38.8 Å². The van der Waals surface area contributed by atoms with Gasteiger partial charge in [-0.25, -0.2) is 9.37 Å². The number of imidazole rings is 1. The number of H-pyrrole nitrogens is 2. The molecule has 24 heavy (non-hydrogen) atoms. The second-order valence-corrected chi connectivity index (χ2v) is 5.73. The molecule has 0 saturated carbocycles. The van der Waals surface area contributed by atoms with Crippen LogP contribution in [0.5, 0.6) is 0 Å². The van der Waals surface area contributed by atoms with Gasteiger partial charge in [-0.05, 0) is 43.7 Å². The topological polar surface area (TPSA) is 64.8 Å². The molecule has 0 bridgehead atoms. The minimum atomic E-state index is -0.290. The molecule has 2 N–H and O–H groups in total. The molecule has 6 heteroatoms. The normalized spacial score (nSPS) is 11.1. The number of hydrogen-bond acceptors (Lipinski definition) is 2. The van der Waals surface area contributed by atoms with Crippen molar-refractivity contribution in [1.29, 1.82) is 0 Å². The number of aryl methyl sites for hydroxylation is 1. The number of likely N-dealkylation sites (N-methyl/N-ethyl adjacent to an activating group) is 1. The Hall–Kier alpha value is -2.63. The number of rotatable bonds is 6. The Balaban J connectivity index is 1.69. The number of nitrogens with one attached hydrogen (secondary N) is 2. The van der Waals surface area contributed by atoms with Crippen LogP contribution in [-0.2, 0) is 12.8 Å². The molecule has 126 valence electrons. The van der Waals surface area contributed by atoms with E-state index in [4.69, 9.17) is 0 Å². The van der Waals surface area contributed by atoms with Gasteiger partial charge in [0.05, 0.1) is 11.0 Å². The molecule has 0 unspecified atom stereocenters. The fraction of sp³-hybridized carbons (Fsp3) is 0.333. The van der Waals surface area contributed by atoms with Gasteiger partial charge in [-0.15, -0.1) is 0 Å². The van der Waals surface area contributed by atoms with Crippen molar-refractivity contribution in [2.45, 2.75) is 26.7 Å². The molecule has 0 saturated heterocycles. The van der Waals surface area contributed by atoms with Crippen molar-refractivity contribution in [3.63, 3.8) is 0 Å². The monoisotopic (exact) mass is 328 g/mol. The molecule has 1 amide bonds. The smallest absolute Gasteiger partial charge is 0.270 e. The van der Waals surface area contributed by atoms with Gasteiger partial charge in [-0.3, -0.25) is 4.79 Å². The first-order chi connectivity index (χ1) is 11.6. The molecule has 0 radical (unpaired) electrons. The van der Waals surface area contributed by atoms with E-state index >= 15 is 0 Å². The summed E-state index contributed by atoms with van der Waals surface area (Å²) in [7, 11) is 0. The molecule has 0 aliphatic rings. The van der Waals surface area contributed by atoms with E-state index in [1.165, 1.54) is 12.1 Å². The summed E-state index contributed by atoms with van der Waals surface area (Å²) in [5, 5.41) is 0. The second-order valence-electron chi connectivity index (χ2n) is 5.73. The van der Waals surface area contributed by atoms with Gasteiger partial charge in [-0.1, -0.05) is 6.92 Å². The van der Waals surface area contributed by atoms with E-state index in [1.54, 1.807) is 11.0 Å². The maximum atomic E-state index is 13.2. The molecule has 0 spiro atoms. The summed E-state index contributed by atoms with van der Waals surface area (Å²) in [6.07, 6.45) is 1.46. The van der Waals surface area contributed by atoms with Crippen LogP contribution in [0.2, 0.25) is 0 Å². The first kappa shape index (κ1) is 16.2. The number of halogens is 1. The number of aromatic nitrogens is 3. The molecule has 3 aromatic rings. The summed E-state index contributed by atoms with van der Waals surface area (Å²) in [6, 6.07) is 8.24. The Morgan fingerprint density at radius 1 is 1.21 bits per heavy atom. The summed E-state index contributed by atoms with van der Waals surface area (Å²) in [6.45, 7) is 5.17. The van der Waals surface area contributed by atoms with Crippen molar-refractivity contribution in [2.24, 2.45) is 0 Å². The van der Waals surface area contributed by atoms with Crippen LogP contribution < -0.4 is 0 Å². The van der Waals surface area contributed by atoms with Gasteiger partial charge >= 0.3 is 0 Å². The highest BCUT2D eigenvalue weighted by atomic mass is 19.1. The zero-order chi connectivity index (χ0) is 17.1. The predicted octanol–water partition coefficient (Wildman–Crippen LogP) is 3.30. The van der Waals surface area contributed by atoms with Crippen LogP contribution in [0.3, 0.4) is 0 Å². The van der Waals surface area contributed by atoms with E-state index in [1.807, 2.05) is 26.0 Å². The lowest BCUT2D eigenvalue weighted by Gasteiger charge is -2.19. The third-order valence-electron chi connectivity index (χ3n) is 4.14. The molecule has 2 aromatic heterocycles. The Morgan fingerprint density at radius 3 is 2.75 bits per heavy atom. The van der Waals surface area contributed by atoms with Crippen LogP contribution in [0.4, 0.5) is 4.39 Å². The van der Waals surface area contributed by atoms with Crippen molar-refractivity contribution in [2.75, 3.05) is 13.1 Å². The zero-order valence-electron chi connectivity index (χ0n) is 13.9. The Morgan fingerprint density at radius 2 is 2.04 bits per heavy atom. The molecule has 3 rings (SSSR count). The van der Waals surface area contributed by atoms with Crippen LogP contribution in [0.1, 0.15) is 35.9 Å². The fourth-order valence-electron chi connectivity index (χ4n) is 2.74. The zero-order valence-corrected chi connectivity index (χ0v) is 13.9. The lowest BCUT2D eigenvalue weighted by Crippen LogP contribution is -2.33. The number of amides is 1. The van der Waals surface area contributed by atoms with E-state index in [0.29, 0.717) is 30.7 Å². The maximum Gasteiger partial charge on any atom is 0.270 e. The third kappa shape index (κ3) is 3.32. The molecule has 0 aliphatic heterocycles. The maximum absolute atomic E-state index is 13.2. The summed E-state index contributed by atoms with van der Waals surface area (Å²) >= 11 is 0. The molecule has 0 fully saturated rings. The fourth-order valence-corrected chi connectivity index (χ4v) is 2.74. The van der Waals surface area contributed by atoms with Crippen molar-refractivity contribution < 1.29 is 9.18 Å². The average molecular weight is 328 g/mol. The van der Waals surface area contributed by atoms with Gasteiger partial charge in [0.25, 0.3) is 5.91 Å². The van der Waals surface area contributed by atoms with Crippen LogP contribution in [0.25, 0.3) is 11.0 Å². The van der Waals surface area contributed by atoms with Crippen molar-refractivity contribution >= 4 is 16.9 Å². The highest BCUT2D eigenvalue weighted by Crippen LogP contribution is 2.14. The number of carbonyl (C=O) groups excluding carboxylic acids is 1. The lowest BCUT2D eigenvalue weighted by atomic mass is 10.3. The van der Waals surface area contributed by atoms with Crippen molar-refractivity contribution in [3.05, 3.63) is 53.4 Å². The Kier molecular flexibility index (Phi) is 4.64. The van der Waals surface area contributed by atoms with Crippen LogP contribution in [0.15, 0.2) is 30.3 Å². The Labute approximate surface area is 139 Å². The lowest BCUT2D eigenvalue weighted by molar-refractivity contribution is 0.0760. The van der Waals surface area contributed by atoms with Gasteiger partial charge in [0.15, 0.2) is 0 Å². The molecular weight excluding hydrogens is 307 g/mol. The minimum Gasteiger partial charge on any atom is -0.354 e. The highest BCUT2D eigenvalue weighted by molar-refractivity contribution is 5.92. The molecule has 0 atom stereocenters. The number of fused-ring (bicyclic) bond motifs is 1. The van der Waals surface area contributed by atoms with Gasteiger partial charge < -0.3 is 14.9 Å². The first-order valence-corrected chi connectivity index (χ1v) is 8.22. The van der Waals surface area contributed by atoms with E-state index in [0.717, 1.165) is 23.5 Å². The number of hydrogen-bond donors (Lipinski definition) is 2. The first-order valence-electron chi connectivity index (χ1n) is 8.22. The van der Waals surface area contributed by atoms with Gasteiger partial charge in [0, 0.05) is 25.2 Å². The van der Waals surface area contributed by atoms with E-state index in [2.05, 4.69) is 15.0 Å². The minimum absolute atomic E-state index is 0.0145. The Bertz CT molecular complexity index is 852. The van der Waals surface area contributed by atoms with Crippen LogP contribution in [0, 0.1) is 5.82 Å². The summed E-state index contributed by atoms with van der Waals surface area (Å²) in [5.41, 5.74) is 3.07. The second kappa shape index (κ2) is 6.86. The quantitative estimate of drug-likeness (QED) is 0.729. The molecule has 2 heterocycles. The molecule has 1 aromatic carbocycles. The number of carbonyl (C=O) groups is 1. The molecular formula is C18H21FN4O. The van der Waals surface area contributed by atoms with E-state index in [9.17, 15) is 9.18 Å². The SMILES string of the molecule is CCc1ccc(C(=O)N(CC)CCc2nc3ccc(F)cc3[nH]2)[nH]1. The average Bonchev–Trinajstić information content (AvgIpc) is 3.20. The van der Waals surface area contributed by atoms with Crippen LogP contribution >= 0.6 is 0 Å². The van der Waals surface area contributed by atoms with Gasteiger partial charge in [-0.2, -0.15) is 0 Å². The van der Waals surface area contributed by atoms with E-state index in [-0.39, 0.29) is 11.7 Å². The third-order valence-corrected chi connectivity index (χ3v) is 4.14. The predicted molar refractivity (Wildman–Crippen MR) is 91.5 cm³/mol. The summed E-state index contributed by atoms with van der Waals surface area (Å²) < 4.78 is 13.2. The van der Waals surface area contributed by atoms with Crippen molar-refractivity contribution in [1.82, 2.24) is 19.9 Å². The standard InChI is InChI=1S/C18H21FN4O/c1-3-13-6-8-15(20-13)18(24)23(4-2)10-9-17-21-14-7-5-12(19)11-16(14)22-17/h5-8,11,20H,3-4,9-10H2,1-2H3,(H,21,22). The largest absolute Gasteiger partial charge is 0.354 e. The highest BCUT2D eigenvalue weighted by Gasteiger charge is 2.16. The summed E-state index contributed by atoms with van der Waals surface area (Å²) in [5.74, 6) is 0.448. The number of benzene rings is 1. The van der Waals surface area contributed by atoms with Gasteiger partial charge in [0.1, 0.15) is 17.3 Å². The van der Waals surface area contributed by atoms with Gasteiger partial charge in [0.2, 0.25) is 0 Å². The number of nitrogens with zero attached hydrogens (tertiary/aromatic N) is 2.